The first kappa shape index (κ1) is 21.6. The van der Waals surface area contributed by atoms with Gasteiger partial charge in [-0.2, -0.15) is 0 Å². The lowest BCUT2D eigenvalue weighted by molar-refractivity contribution is 0.103. The molecule has 4 aromatic rings. The minimum absolute atomic E-state index is 0.0898. The second-order valence-electron chi connectivity index (χ2n) is 8.66. The van der Waals surface area contributed by atoms with E-state index in [0.29, 0.717) is 39.5 Å². The number of nitrogens with one attached hydrogen (secondary N) is 2. The highest BCUT2D eigenvalue weighted by Gasteiger charge is 2.39. The average Bonchev–Trinajstić information content (AvgIpc) is 3.60. The third kappa shape index (κ3) is 3.99. The fourth-order valence-electron chi connectivity index (χ4n) is 4.90. The normalized spacial score (nSPS) is 17.8. The van der Waals surface area contributed by atoms with Crippen molar-refractivity contribution in [1.29, 1.82) is 0 Å². The number of halogens is 1. The van der Waals surface area contributed by atoms with Gasteiger partial charge in [-0.15, -0.1) is 21.5 Å². The SMILES string of the molecule is COc1nnc(-c2ccc(F)c(NC(=O)c3cc4c(s3)C3CCC4C3)c2)cc1Nc1ccncn1. The molecule has 176 valence electrons. The average molecular weight is 489 g/mol. The zero-order chi connectivity index (χ0) is 23.9. The Bertz CT molecular complexity index is 1400. The number of anilines is 3. The Morgan fingerprint density at radius 2 is 2.00 bits per heavy atom. The van der Waals surface area contributed by atoms with Crippen LogP contribution in [0.3, 0.4) is 0 Å². The molecule has 8 nitrogen and oxygen atoms in total. The van der Waals surface area contributed by atoms with Gasteiger partial charge < -0.3 is 15.4 Å². The summed E-state index contributed by atoms with van der Waals surface area (Å²) < 4.78 is 20.0. The summed E-state index contributed by atoms with van der Waals surface area (Å²) in [5.74, 6) is 1.18. The number of hydrogen-bond acceptors (Lipinski definition) is 8. The molecule has 3 heterocycles. The topological polar surface area (TPSA) is 102 Å². The molecule has 1 amide bonds. The van der Waals surface area contributed by atoms with Gasteiger partial charge in [0.2, 0.25) is 0 Å². The van der Waals surface area contributed by atoms with E-state index in [2.05, 4.69) is 30.8 Å². The molecule has 0 saturated heterocycles. The number of rotatable bonds is 6. The van der Waals surface area contributed by atoms with Crippen LogP contribution in [0.2, 0.25) is 0 Å². The molecular formula is C25H21FN6O2S. The van der Waals surface area contributed by atoms with Gasteiger partial charge in [0, 0.05) is 16.6 Å². The molecule has 2 bridgehead atoms. The van der Waals surface area contributed by atoms with Crippen LogP contribution in [0.5, 0.6) is 5.88 Å². The van der Waals surface area contributed by atoms with Crippen molar-refractivity contribution in [2.24, 2.45) is 0 Å². The first-order valence-corrected chi connectivity index (χ1v) is 12.1. The summed E-state index contributed by atoms with van der Waals surface area (Å²) in [6, 6.07) is 9.88. The predicted molar refractivity (Wildman–Crippen MR) is 131 cm³/mol. The molecule has 0 aliphatic heterocycles. The number of carbonyl (C=O) groups is 1. The van der Waals surface area contributed by atoms with Gasteiger partial charge in [0.05, 0.1) is 23.4 Å². The molecule has 2 N–H and O–H groups in total. The third-order valence-corrected chi connectivity index (χ3v) is 7.88. The summed E-state index contributed by atoms with van der Waals surface area (Å²) in [6.45, 7) is 0. The molecule has 6 rings (SSSR count). The first-order valence-electron chi connectivity index (χ1n) is 11.3. The number of fused-ring (bicyclic) bond motifs is 5. The fraction of sp³-hybridized carbons (Fsp3) is 0.240. The van der Waals surface area contributed by atoms with E-state index in [4.69, 9.17) is 4.74 Å². The Balaban J connectivity index is 1.27. The molecule has 10 heteroatoms. The lowest BCUT2D eigenvalue weighted by atomic mass is 9.99. The number of methoxy groups -OCH3 is 1. The molecule has 2 unspecified atom stereocenters. The van der Waals surface area contributed by atoms with Gasteiger partial charge in [0.15, 0.2) is 0 Å². The Labute approximate surface area is 204 Å². The summed E-state index contributed by atoms with van der Waals surface area (Å²) in [7, 11) is 1.49. The molecule has 2 aliphatic carbocycles. The fourth-order valence-corrected chi connectivity index (χ4v) is 6.19. The summed E-state index contributed by atoms with van der Waals surface area (Å²) >= 11 is 1.54. The summed E-state index contributed by atoms with van der Waals surface area (Å²) in [4.78, 5) is 23.0. The maximum atomic E-state index is 14.6. The van der Waals surface area contributed by atoms with Crippen molar-refractivity contribution in [3.8, 4) is 17.1 Å². The first-order chi connectivity index (χ1) is 17.1. The zero-order valence-corrected chi connectivity index (χ0v) is 19.6. The van der Waals surface area contributed by atoms with Crippen molar-refractivity contribution < 1.29 is 13.9 Å². The van der Waals surface area contributed by atoms with E-state index in [1.807, 2.05) is 6.07 Å². The number of aromatic nitrogens is 4. The van der Waals surface area contributed by atoms with Crippen molar-refractivity contribution >= 4 is 34.4 Å². The summed E-state index contributed by atoms with van der Waals surface area (Å²) in [5, 5.41) is 14.2. The van der Waals surface area contributed by atoms with Crippen LogP contribution in [0.4, 0.5) is 21.6 Å². The van der Waals surface area contributed by atoms with Gasteiger partial charge in [-0.25, -0.2) is 14.4 Å². The van der Waals surface area contributed by atoms with E-state index in [9.17, 15) is 9.18 Å². The van der Waals surface area contributed by atoms with E-state index in [-0.39, 0.29) is 17.5 Å². The molecule has 2 aliphatic rings. The third-order valence-electron chi connectivity index (χ3n) is 6.57. The minimum Gasteiger partial charge on any atom is -0.478 e. The Kier molecular flexibility index (Phi) is 5.37. The van der Waals surface area contributed by atoms with E-state index in [1.54, 1.807) is 30.5 Å². The van der Waals surface area contributed by atoms with Crippen molar-refractivity contribution in [2.45, 2.75) is 31.1 Å². The van der Waals surface area contributed by atoms with Crippen molar-refractivity contribution in [3.63, 3.8) is 0 Å². The van der Waals surface area contributed by atoms with Crippen LogP contribution in [0.15, 0.2) is 48.9 Å². The molecule has 0 radical (unpaired) electrons. The zero-order valence-electron chi connectivity index (χ0n) is 18.8. The monoisotopic (exact) mass is 488 g/mol. The van der Waals surface area contributed by atoms with Crippen LogP contribution in [-0.2, 0) is 0 Å². The number of ether oxygens (including phenoxy) is 1. The van der Waals surface area contributed by atoms with Crippen molar-refractivity contribution in [3.05, 3.63) is 70.1 Å². The number of benzene rings is 1. The Hall–Kier alpha value is -3.92. The lowest BCUT2D eigenvalue weighted by Crippen LogP contribution is -2.11. The van der Waals surface area contributed by atoms with Crippen LogP contribution in [0.25, 0.3) is 11.3 Å². The molecule has 2 atom stereocenters. The van der Waals surface area contributed by atoms with Gasteiger partial charge in [-0.3, -0.25) is 4.79 Å². The highest BCUT2D eigenvalue weighted by molar-refractivity contribution is 7.14. The van der Waals surface area contributed by atoms with E-state index in [1.165, 1.54) is 60.5 Å². The summed E-state index contributed by atoms with van der Waals surface area (Å²) in [5.41, 5.74) is 3.00. The second-order valence-corrected chi connectivity index (χ2v) is 9.74. The molecular weight excluding hydrogens is 467 g/mol. The number of amides is 1. The second kappa shape index (κ2) is 8.70. The van der Waals surface area contributed by atoms with E-state index in [0.717, 1.165) is 0 Å². The molecule has 1 aromatic carbocycles. The number of nitrogens with zero attached hydrogens (tertiary/aromatic N) is 4. The summed E-state index contributed by atoms with van der Waals surface area (Å²) in [6.07, 6.45) is 6.64. The minimum atomic E-state index is -0.521. The maximum absolute atomic E-state index is 14.6. The number of carbonyl (C=O) groups excluding carboxylic acids is 1. The van der Waals surface area contributed by atoms with Crippen LogP contribution >= 0.6 is 11.3 Å². The molecule has 35 heavy (non-hydrogen) atoms. The number of hydrogen-bond donors (Lipinski definition) is 2. The Morgan fingerprint density at radius 3 is 2.80 bits per heavy atom. The molecule has 1 fully saturated rings. The van der Waals surface area contributed by atoms with Crippen molar-refractivity contribution in [1.82, 2.24) is 20.2 Å². The lowest BCUT2D eigenvalue weighted by Gasteiger charge is -2.12. The van der Waals surface area contributed by atoms with Gasteiger partial charge in [-0.1, -0.05) is 0 Å². The van der Waals surface area contributed by atoms with Gasteiger partial charge in [0.25, 0.3) is 11.8 Å². The van der Waals surface area contributed by atoms with Crippen LogP contribution in [0, 0.1) is 5.82 Å². The van der Waals surface area contributed by atoms with Gasteiger partial charge >= 0.3 is 0 Å². The van der Waals surface area contributed by atoms with Gasteiger partial charge in [0.1, 0.15) is 23.6 Å². The largest absolute Gasteiger partial charge is 0.478 e. The van der Waals surface area contributed by atoms with E-state index >= 15 is 0 Å². The maximum Gasteiger partial charge on any atom is 0.265 e. The van der Waals surface area contributed by atoms with Crippen molar-refractivity contribution in [2.75, 3.05) is 17.7 Å². The smallest absolute Gasteiger partial charge is 0.265 e. The van der Waals surface area contributed by atoms with Crippen LogP contribution in [0.1, 0.15) is 51.2 Å². The Morgan fingerprint density at radius 1 is 1.11 bits per heavy atom. The highest BCUT2D eigenvalue weighted by atomic mass is 32.1. The van der Waals surface area contributed by atoms with E-state index < -0.39 is 5.82 Å². The molecule has 1 saturated carbocycles. The van der Waals surface area contributed by atoms with Crippen LogP contribution < -0.4 is 15.4 Å². The predicted octanol–water partition coefficient (Wildman–Crippen LogP) is 5.50. The molecule has 0 spiro atoms. The standard InChI is InChI=1S/C25H21FN6O2S/c1-34-25-20(29-22-6-7-27-12-28-22)11-18(31-32-25)14-4-5-17(26)19(9-14)30-24(33)21-10-16-13-2-3-15(8-13)23(16)35-21/h4-7,9-13,15H,2-3,8H2,1H3,(H,30,33)(H,27,28,29,31). The molecule has 3 aromatic heterocycles. The quantitative estimate of drug-likeness (QED) is 0.369. The van der Waals surface area contributed by atoms with Crippen LogP contribution in [-0.4, -0.2) is 33.2 Å². The van der Waals surface area contributed by atoms with Gasteiger partial charge in [-0.05, 0) is 73.1 Å². The highest BCUT2D eigenvalue weighted by Crippen LogP contribution is 2.55. The number of thiophene rings is 1.